The van der Waals surface area contributed by atoms with Crippen molar-refractivity contribution in [1.29, 1.82) is 0 Å². The highest BCUT2D eigenvalue weighted by Gasteiger charge is 2.48. The van der Waals surface area contributed by atoms with Gasteiger partial charge in [-0.1, -0.05) is 41.9 Å². The van der Waals surface area contributed by atoms with E-state index in [0.29, 0.717) is 18.5 Å². The van der Waals surface area contributed by atoms with Gasteiger partial charge in [-0.3, -0.25) is 4.79 Å². The average molecular weight is 407 g/mol. The van der Waals surface area contributed by atoms with E-state index in [1.165, 1.54) is 17.0 Å². The topological polar surface area (TPSA) is 78.9 Å². The summed E-state index contributed by atoms with van der Waals surface area (Å²) in [5.74, 6) is -3.37. The molecule has 2 amide bonds. The number of aliphatic hydroxyl groups is 1. The van der Waals surface area contributed by atoms with Gasteiger partial charge in [0.2, 0.25) is 0 Å². The largest absolute Gasteiger partial charge is 0.410 e. The fraction of sp³-hybridized carbons (Fsp3) is 0.300. The number of hydrogen-bond donors (Lipinski definition) is 2. The molecule has 0 bridgehead atoms. The predicted octanol–water partition coefficient (Wildman–Crippen LogP) is 2.87. The lowest BCUT2D eigenvalue weighted by Crippen LogP contribution is -2.46. The van der Waals surface area contributed by atoms with E-state index in [1.807, 2.05) is 30.3 Å². The van der Waals surface area contributed by atoms with Gasteiger partial charge < -0.3 is 20.1 Å². The minimum Gasteiger partial charge on any atom is -0.407 e. The zero-order chi connectivity index (χ0) is 20.1. The first-order valence-corrected chi connectivity index (χ1v) is 9.21. The molecule has 1 fully saturated rings. The number of rotatable bonds is 6. The van der Waals surface area contributed by atoms with Crippen LogP contribution < -0.4 is 5.32 Å². The fourth-order valence-corrected chi connectivity index (χ4v) is 3.28. The standard InChI is InChI=1S/C20H20ClFN2O4/c21-16-10-15(11-17(22)12-16)13-23-19(26)28-20(27)7-9-24(18(20)25)8-6-14-4-2-1-3-5-14/h1-5,10-12,27H,6-9,13H2,(H,23,26)/t20-/m1/s1. The maximum Gasteiger partial charge on any atom is 0.410 e. The molecule has 0 saturated carbocycles. The summed E-state index contributed by atoms with van der Waals surface area (Å²) in [7, 11) is 0. The number of hydrogen-bond acceptors (Lipinski definition) is 4. The number of likely N-dealkylation sites (tertiary alicyclic amines) is 1. The van der Waals surface area contributed by atoms with E-state index in [1.54, 1.807) is 0 Å². The third kappa shape index (κ3) is 4.99. The van der Waals surface area contributed by atoms with Crippen molar-refractivity contribution in [2.45, 2.75) is 25.2 Å². The molecular formula is C20H20ClFN2O4. The smallest absolute Gasteiger partial charge is 0.407 e. The molecule has 2 aromatic carbocycles. The Morgan fingerprint density at radius 2 is 2.00 bits per heavy atom. The van der Waals surface area contributed by atoms with Crippen LogP contribution in [0.25, 0.3) is 0 Å². The van der Waals surface area contributed by atoms with Crippen LogP contribution in [0.3, 0.4) is 0 Å². The van der Waals surface area contributed by atoms with E-state index >= 15 is 0 Å². The fourth-order valence-electron chi connectivity index (χ4n) is 3.04. The highest BCUT2D eigenvalue weighted by atomic mass is 35.5. The molecular weight excluding hydrogens is 387 g/mol. The number of nitrogens with zero attached hydrogens (tertiary/aromatic N) is 1. The zero-order valence-corrected chi connectivity index (χ0v) is 15.8. The summed E-state index contributed by atoms with van der Waals surface area (Å²) >= 11 is 5.76. The number of benzene rings is 2. The Balaban J connectivity index is 1.51. The van der Waals surface area contributed by atoms with Gasteiger partial charge in [0.15, 0.2) is 0 Å². The highest BCUT2D eigenvalue weighted by Crippen LogP contribution is 2.25. The molecule has 8 heteroatoms. The van der Waals surface area contributed by atoms with Crippen LogP contribution >= 0.6 is 11.6 Å². The van der Waals surface area contributed by atoms with E-state index in [4.69, 9.17) is 16.3 Å². The van der Waals surface area contributed by atoms with Gasteiger partial charge in [-0.05, 0) is 35.7 Å². The molecule has 1 aliphatic rings. The molecule has 1 saturated heterocycles. The first-order valence-electron chi connectivity index (χ1n) is 8.83. The number of carbonyl (C=O) groups excluding carboxylic acids is 2. The van der Waals surface area contributed by atoms with Crippen LogP contribution in [0.15, 0.2) is 48.5 Å². The molecule has 1 heterocycles. The summed E-state index contributed by atoms with van der Waals surface area (Å²) in [6, 6.07) is 13.5. The van der Waals surface area contributed by atoms with Gasteiger partial charge >= 0.3 is 6.09 Å². The van der Waals surface area contributed by atoms with Crippen molar-refractivity contribution in [3.8, 4) is 0 Å². The Kier molecular flexibility index (Phi) is 6.16. The quantitative estimate of drug-likeness (QED) is 0.723. The number of ether oxygens (including phenoxy) is 1. The zero-order valence-electron chi connectivity index (χ0n) is 15.0. The number of alkyl carbamates (subject to hydrolysis) is 1. The predicted molar refractivity (Wildman–Crippen MR) is 101 cm³/mol. The van der Waals surface area contributed by atoms with E-state index in [2.05, 4.69) is 5.32 Å². The molecule has 2 aromatic rings. The molecule has 0 unspecified atom stereocenters. The SMILES string of the molecule is O=C(NCc1cc(F)cc(Cl)c1)O[C@]1(O)CCN(CCc2ccccc2)C1=O. The first-order chi connectivity index (χ1) is 13.4. The summed E-state index contributed by atoms with van der Waals surface area (Å²) in [6.07, 6.45) is -0.351. The minimum absolute atomic E-state index is 0.0141. The first kappa shape index (κ1) is 20.1. The van der Waals surface area contributed by atoms with Crippen LogP contribution in [0, 0.1) is 5.82 Å². The second-order valence-corrected chi connectivity index (χ2v) is 7.02. The van der Waals surface area contributed by atoms with Gasteiger partial charge in [0.05, 0.1) is 0 Å². The Labute approximate surface area is 166 Å². The lowest BCUT2D eigenvalue weighted by Gasteiger charge is -2.22. The summed E-state index contributed by atoms with van der Waals surface area (Å²) in [5, 5.41) is 13.0. The summed E-state index contributed by atoms with van der Waals surface area (Å²) < 4.78 is 18.3. The maximum absolute atomic E-state index is 13.3. The van der Waals surface area contributed by atoms with Crippen molar-refractivity contribution in [1.82, 2.24) is 10.2 Å². The molecule has 0 radical (unpaired) electrons. The van der Waals surface area contributed by atoms with Crippen molar-refractivity contribution < 1.29 is 23.8 Å². The van der Waals surface area contributed by atoms with Gasteiger partial charge in [0.1, 0.15) is 5.82 Å². The third-order valence-corrected chi connectivity index (χ3v) is 4.69. The summed E-state index contributed by atoms with van der Waals surface area (Å²) in [4.78, 5) is 25.9. The van der Waals surface area contributed by atoms with Crippen molar-refractivity contribution >= 4 is 23.6 Å². The Bertz CT molecular complexity index is 844. The molecule has 28 heavy (non-hydrogen) atoms. The lowest BCUT2D eigenvalue weighted by molar-refractivity contribution is -0.182. The van der Waals surface area contributed by atoms with Gasteiger partial charge in [-0.15, -0.1) is 0 Å². The Morgan fingerprint density at radius 1 is 1.25 bits per heavy atom. The van der Waals surface area contributed by atoms with Crippen LogP contribution in [0.1, 0.15) is 17.5 Å². The number of carbonyl (C=O) groups is 2. The number of nitrogens with one attached hydrogen (secondary N) is 1. The molecule has 6 nitrogen and oxygen atoms in total. The van der Waals surface area contributed by atoms with Gasteiger partial charge in [-0.2, -0.15) is 0 Å². The molecule has 1 atom stereocenters. The second kappa shape index (κ2) is 8.58. The Hall–Kier alpha value is -2.64. The summed E-state index contributed by atoms with van der Waals surface area (Å²) in [6.45, 7) is 0.644. The second-order valence-electron chi connectivity index (χ2n) is 6.58. The highest BCUT2D eigenvalue weighted by molar-refractivity contribution is 6.30. The van der Waals surface area contributed by atoms with Crippen molar-refractivity contribution in [3.63, 3.8) is 0 Å². The van der Waals surface area contributed by atoms with Crippen molar-refractivity contribution in [3.05, 3.63) is 70.5 Å². The molecule has 1 aliphatic heterocycles. The monoisotopic (exact) mass is 406 g/mol. The molecule has 3 rings (SSSR count). The van der Waals surface area contributed by atoms with Crippen LogP contribution in [0.5, 0.6) is 0 Å². The van der Waals surface area contributed by atoms with Crippen LogP contribution in [0.2, 0.25) is 5.02 Å². The van der Waals surface area contributed by atoms with Gasteiger partial charge in [0, 0.05) is 31.1 Å². The minimum atomic E-state index is -2.19. The molecule has 0 spiro atoms. The van der Waals surface area contributed by atoms with E-state index in [0.717, 1.165) is 11.6 Å². The average Bonchev–Trinajstić information content (AvgIpc) is 2.93. The lowest BCUT2D eigenvalue weighted by atomic mass is 10.1. The Morgan fingerprint density at radius 3 is 2.71 bits per heavy atom. The van der Waals surface area contributed by atoms with E-state index in [9.17, 15) is 19.1 Å². The summed E-state index contributed by atoms with van der Waals surface area (Å²) in [5.41, 5.74) is 1.49. The number of halogens is 2. The van der Waals surface area contributed by atoms with Gasteiger partial charge in [0.25, 0.3) is 11.7 Å². The molecule has 148 valence electrons. The van der Waals surface area contributed by atoms with Crippen LogP contribution in [-0.4, -0.2) is 40.9 Å². The normalized spacial score (nSPS) is 19.0. The van der Waals surface area contributed by atoms with Crippen molar-refractivity contribution in [2.24, 2.45) is 0 Å². The molecule has 0 aromatic heterocycles. The molecule has 0 aliphatic carbocycles. The van der Waals surface area contributed by atoms with Gasteiger partial charge in [-0.25, -0.2) is 9.18 Å². The van der Waals surface area contributed by atoms with Crippen LogP contribution in [0.4, 0.5) is 9.18 Å². The van der Waals surface area contributed by atoms with Crippen molar-refractivity contribution in [2.75, 3.05) is 13.1 Å². The van der Waals surface area contributed by atoms with Crippen LogP contribution in [-0.2, 0) is 22.5 Å². The maximum atomic E-state index is 13.3. The molecule has 2 N–H and O–H groups in total. The number of amides is 2. The van der Waals surface area contributed by atoms with E-state index in [-0.39, 0.29) is 24.5 Å². The van der Waals surface area contributed by atoms with E-state index < -0.39 is 23.6 Å². The third-order valence-electron chi connectivity index (χ3n) is 4.48.